The molecule has 0 aromatic rings. The van der Waals surface area contributed by atoms with E-state index in [-0.39, 0.29) is 43.3 Å². The van der Waals surface area contributed by atoms with Crippen molar-refractivity contribution in [3.63, 3.8) is 0 Å². The van der Waals surface area contributed by atoms with Gasteiger partial charge in [-0.1, -0.05) is 55.4 Å². The smallest absolute Gasteiger partial charge is 0.315 e. The molecule has 13 nitrogen and oxygen atoms in total. The molecular weight excluding hydrogens is 612 g/mol. The second-order valence-electron chi connectivity index (χ2n) is 14.7. The molecule has 256 valence electrons. The lowest BCUT2D eigenvalue weighted by atomic mass is 9.85. The van der Waals surface area contributed by atoms with Gasteiger partial charge in [0.25, 0.3) is 0 Å². The average Bonchev–Trinajstić information content (AvgIpc) is 3.19. The van der Waals surface area contributed by atoms with Crippen molar-refractivity contribution in [3.8, 4) is 6.07 Å². The zero-order valence-electron chi connectivity index (χ0n) is 27.6. The zero-order chi connectivity index (χ0) is 34.7. The van der Waals surface area contributed by atoms with E-state index in [0.29, 0.717) is 0 Å². The molecular formula is C29H49F2N7O6S. The number of halogens is 2. The number of rotatable bonds is 13. The molecule has 2 aliphatic rings. The normalized spacial score (nSPS) is 22.8. The van der Waals surface area contributed by atoms with E-state index >= 15 is 0 Å². The summed E-state index contributed by atoms with van der Waals surface area (Å²) in [4.78, 5) is 55.0. The number of nitrogens with one attached hydrogen (secondary N) is 5. The highest BCUT2D eigenvalue weighted by atomic mass is 32.2. The Balaban J connectivity index is 2.31. The minimum Gasteiger partial charge on any atom is -0.353 e. The molecule has 1 heterocycles. The van der Waals surface area contributed by atoms with Crippen molar-refractivity contribution in [2.75, 3.05) is 25.9 Å². The predicted octanol–water partition coefficient (Wildman–Crippen LogP) is 1.32. The van der Waals surface area contributed by atoms with Gasteiger partial charge < -0.3 is 26.2 Å². The summed E-state index contributed by atoms with van der Waals surface area (Å²) in [7, 11) is -3.54. The van der Waals surface area contributed by atoms with Gasteiger partial charge in [-0.05, 0) is 28.1 Å². The van der Waals surface area contributed by atoms with E-state index in [0.717, 1.165) is 6.26 Å². The van der Waals surface area contributed by atoms with Crippen molar-refractivity contribution in [2.24, 2.45) is 28.1 Å². The van der Waals surface area contributed by atoms with Crippen LogP contribution in [-0.2, 0) is 24.4 Å². The SMILES string of the molecule is CC(C)(C)[C@H](NC(=O)N[C@H](CNS(C)(=O)=O)C(C)(C)C)C(=O)N1C[C@H]2[C@@H]([C@H]1C(=O)N[C@@H](CC(F)F)C(=O)NCCC#N)C2(C)C. The molecule has 0 unspecified atom stereocenters. The number of likely N-dealkylation sites (tertiary alicyclic amines) is 1. The Bertz CT molecular complexity index is 1270. The first-order chi connectivity index (χ1) is 20.4. The monoisotopic (exact) mass is 661 g/mol. The van der Waals surface area contributed by atoms with Crippen molar-refractivity contribution < 1.29 is 36.4 Å². The van der Waals surface area contributed by atoms with Gasteiger partial charge >= 0.3 is 6.03 Å². The quantitative estimate of drug-likeness (QED) is 0.184. The Kier molecular flexibility index (Phi) is 12.0. The minimum atomic E-state index is -3.54. The third kappa shape index (κ3) is 10.2. The average molecular weight is 662 g/mol. The van der Waals surface area contributed by atoms with Gasteiger partial charge in [-0.2, -0.15) is 5.26 Å². The molecule has 1 saturated carbocycles. The van der Waals surface area contributed by atoms with Crippen LogP contribution in [-0.4, -0.2) is 93.6 Å². The maximum Gasteiger partial charge on any atom is 0.315 e. The number of amides is 5. The first kappa shape index (κ1) is 38.1. The lowest BCUT2D eigenvalue weighted by Crippen LogP contribution is -2.62. The van der Waals surface area contributed by atoms with Crippen molar-refractivity contribution in [1.29, 1.82) is 5.26 Å². The number of nitrogens with zero attached hydrogens (tertiary/aromatic N) is 2. The number of hydrogen-bond donors (Lipinski definition) is 5. The fraction of sp³-hybridized carbons (Fsp3) is 0.828. The second kappa shape index (κ2) is 14.1. The zero-order valence-corrected chi connectivity index (χ0v) is 28.4. The summed E-state index contributed by atoms with van der Waals surface area (Å²) in [6, 6.07) is -3.29. The third-order valence-corrected chi connectivity index (χ3v) is 9.32. The second-order valence-corrected chi connectivity index (χ2v) is 16.6. The number of carbonyl (C=O) groups is 4. The van der Waals surface area contributed by atoms with Gasteiger partial charge in [-0.3, -0.25) is 14.4 Å². The van der Waals surface area contributed by atoms with Crippen LogP contribution in [0.4, 0.5) is 13.6 Å². The number of nitriles is 1. The molecule has 1 aliphatic heterocycles. The molecule has 0 aromatic heterocycles. The molecule has 6 atom stereocenters. The number of urea groups is 1. The molecule has 0 spiro atoms. The largest absolute Gasteiger partial charge is 0.353 e. The van der Waals surface area contributed by atoms with Gasteiger partial charge in [0.15, 0.2) is 0 Å². The molecule has 5 amide bonds. The lowest BCUT2D eigenvalue weighted by Gasteiger charge is -2.38. The number of carbonyl (C=O) groups excluding carboxylic acids is 4. The predicted molar refractivity (Wildman–Crippen MR) is 163 cm³/mol. The van der Waals surface area contributed by atoms with Crippen LogP contribution in [0.25, 0.3) is 0 Å². The standard InChI is InChI=1S/C29H49F2N7O6S/c1-27(2,3)18(14-34-45(9,43)44)36-26(42)37-22(28(4,5)6)25(41)38-15-16-20(29(16,7)8)21(38)24(40)35-17(13-19(30)31)23(39)33-12-10-11-32/h16-22,34H,10,12-15H2,1-9H3,(H,33,39)(H,35,40)(H2,36,37,42)/t16-,17-,18+,20-,21-,22+/m0/s1. The van der Waals surface area contributed by atoms with Crippen LogP contribution < -0.4 is 26.0 Å². The van der Waals surface area contributed by atoms with Crippen LogP contribution >= 0.6 is 0 Å². The molecule has 45 heavy (non-hydrogen) atoms. The summed E-state index contributed by atoms with van der Waals surface area (Å²) in [5.74, 6) is -2.51. The van der Waals surface area contributed by atoms with E-state index in [4.69, 9.17) is 5.26 Å². The maximum atomic E-state index is 14.1. The number of piperidine rings is 1. The van der Waals surface area contributed by atoms with Crippen LogP contribution in [0.2, 0.25) is 0 Å². The Labute approximate surface area is 265 Å². The highest BCUT2D eigenvalue weighted by molar-refractivity contribution is 7.88. The van der Waals surface area contributed by atoms with Crippen LogP contribution in [0.5, 0.6) is 0 Å². The lowest BCUT2D eigenvalue weighted by molar-refractivity contribution is -0.144. The molecule has 2 fully saturated rings. The van der Waals surface area contributed by atoms with Crippen molar-refractivity contribution >= 4 is 33.8 Å². The third-order valence-electron chi connectivity index (χ3n) is 8.63. The van der Waals surface area contributed by atoms with Crippen LogP contribution in [0, 0.1) is 39.4 Å². The molecule has 1 saturated heterocycles. The van der Waals surface area contributed by atoms with Crippen LogP contribution in [0.3, 0.4) is 0 Å². The fourth-order valence-corrected chi connectivity index (χ4v) is 6.27. The summed E-state index contributed by atoms with van der Waals surface area (Å²) in [6.45, 7) is 14.6. The number of alkyl halides is 2. The first-order valence-corrected chi connectivity index (χ1v) is 16.9. The topological polar surface area (TPSA) is 190 Å². The molecule has 0 aromatic carbocycles. The highest BCUT2D eigenvalue weighted by Crippen LogP contribution is 2.65. The maximum absolute atomic E-state index is 14.1. The van der Waals surface area contributed by atoms with Crippen molar-refractivity contribution in [3.05, 3.63) is 0 Å². The van der Waals surface area contributed by atoms with Gasteiger partial charge in [0.05, 0.1) is 18.7 Å². The van der Waals surface area contributed by atoms with Crippen molar-refractivity contribution in [2.45, 2.75) is 98.8 Å². The summed E-state index contributed by atoms with van der Waals surface area (Å²) >= 11 is 0. The number of fused-ring (bicyclic) bond motifs is 1. The number of sulfonamides is 1. The van der Waals surface area contributed by atoms with Gasteiger partial charge in [-0.25, -0.2) is 26.7 Å². The molecule has 5 N–H and O–H groups in total. The van der Waals surface area contributed by atoms with E-state index in [9.17, 15) is 36.4 Å². The molecule has 16 heteroatoms. The van der Waals surface area contributed by atoms with E-state index in [2.05, 4.69) is 26.0 Å². The van der Waals surface area contributed by atoms with Gasteiger partial charge in [0, 0.05) is 32.1 Å². The summed E-state index contributed by atoms with van der Waals surface area (Å²) < 4.78 is 52.5. The Morgan fingerprint density at radius 2 is 1.62 bits per heavy atom. The number of hydrogen-bond acceptors (Lipinski definition) is 7. The summed E-state index contributed by atoms with van der Waals surface area (Å²) in [5, 5.41) is 19.0. The fourth-order valence-electron chi connectivity index (χ4n) is 5.80. The van der Waals surface area contributed by atoms with E-state index in [1.54, 1.807) is 20.8 Å². The van der Waals surface area contributed by atoms with Crippen LogP contribution in [0.1, 0.15) is 68.2 Å². The Hall–Kier alpha value is -3.06. The molecule has 1 aliphatic carbocycles. The van der Waals surface area contributed by atoms with E-state index in [1.807, 2.05) is 40.7 Å². The molecule has 0 radical (unpaired) electrons. The Morgan fingerprint density at radius 3 is 2.11 bits per heavy atom. The minimum absolute atomic E-state index is 0.0383. The van der Waals surface area contributed by atoms with E-state index < -0.39 is 81.6 Å². The molecule has 2 rings (SSSR count). The first-order valence-electron chi connectivity index (χ1n) is 15.0. The summed E-state index contributed by atoms with van der Waals surface area (Å²) in [5.41, 5.74) is -1.71. The van der Waals surface area contributed by atoms with Gasteiger partial charge in [-0.15, -0.1) is 0 Å². The van der Waals surface area contributed by atoms with Gasteiger partial charge in [0.2, 0.25) is 34.2 Å². The highest BCUT2D eigenvalue weighted by Gasteiger charge is 2.70. The summed E-state index contributed by atoms with van der Waals surface area (Å²) in [6.07, 6.45) is -2.88. The van der Waals surface area contributed by atoms with Gasteiger partial charge in [0.1, 0.15) is 18.1 Å². The van der Waals surface area contributed by atoms with Crippen LogP contribution in [0.15, 0.2) is 0 Å². The van der Waals surface area contributed by atoms with Crippen molar-refractivity contribution in [1.82, 2.24) is 30.9 Å². The Morgan fingerprint density at radius 1 is 1.02 bits per heavy atom. The van der Waals surface area contributed by atoms with E-state index in [1.165, 1.54) is 4.90 Å². The molecule has 0 bridgehead atoms.